The Morgan fingerprint density at radius 3 is 2.15 bits per heavy atom. The molecule has 0 aliphatic rings. The van der Waals surface area contributed by atoms with Crippen molar-refractivity contribution in [2.45, 2.75) is 4.34 Å². The summed E-state index contributed by atoms with van der Waals surface area (Å²) in [5, 5.41) is 6.42. The molecule has 0 saturated carbocycles. The maximum atomic E-state index is 13.0. The largest absolute Gasteiger partial charge is 0.352 e. The molecule has 0 unspecified atom stereocenters. The van der Waals surface area contributed by atoms with E-state index < -0.39 is 0 Å². The van der Waals surface area contributed by atoms with Crippen molar-refractivity contribution in [1.82, 2.24) is 10.3 Å². The Hall–Kier alpha value is -3.68. The Labute approximate surface area is 207 Å². The molecule has 2 amide bonds. The molecule has 34 heavy (non-hydrogen) atoms. The summed E-state index contributed by atoms with van der Waals surface area (Å²) >= 11 is 2.70. The van der Waals surface area contributed by atoms with Gasteiger partial charge in [-0.1, -0.05) is 102 Å². The van der Waals surface area contributed by atoms with Crippen LogP contribution in [0.1, 0.15) is 10.4 Å². The first-order chi connectivity index (χ1) is 16.6. The Bertz CT molecular complexity index is 1270. The lowest BCUT2D eigenvalue weighted by Gasteiger charge is -2.07. The molecule has 3 aromatic carbocycles. The van der Waals surface area contributed by atoms with Crippen LogP contribution in [0.15, 0.2) is 102 Å². The Kier molecular flexibility index (Phi) is 7.91. The van der Waals surface area contributed by atoms with Gasteiger partial charge < -0.3 is 10.6 Å². The average Bonchev–Trinajstić information content (AvgIpc) is 3.30. The Balaban J connectivity index is 1.52. The molecule has 0 bridgehead atoms. The summed E-state index contributed by atoms with van der Waals surface area (Å²) in [6, 6.07) is 27.2. The molecule has 0 atom stereocenters. The summed E-state index contributed by atoms with van der Waals surface area (Å²) in [6.45, 7) is 4.03. The number of amides is 2. The van der Waals surface area contributed by atoms with Crippen molar-refractivity contribution < 1.29 is 9.59 Å². The first-order valence-electron chi connectivity index (χ1n) is 10.7. The van der Waals surface area contributed by atoms with E-state index >= 15 is 0 Å². The van der Waals surface area contributed by atoms with Gasteiger partial charge in [0.05, 0.1) is 5.75 Å². The van der Waals surface area contributed by atoms with Crippen LogP contribution in [0.4, 0.5) is 5.00 Å². The van der Waals surface area contributed by atoms with E-state index in [1.807, 2.05) is 84.9 Å². The second kappa shape index (κ2) is 11.4. The van der Waals surface area contributed by atoms with Crippen LogP contribution in [0, 0.1) is 0 Å². The monoisotopic (exact) mass is 485 g/mol. The lowest BCUT2D eigenvalue weighted by molar-refractivity contribution is -0.118. The van der Waals surface area contributed by atoms with Gasteiger partial charge in [0.2, 0.25) is 5.91 Å². The molecule has 0 aliphatic carbocycles. The van der Waals surface area contributed by atoms with Gasteiger partial charge in [0.1, 0.15) is 10.7 Å². The third-order valence-corrected chi connectivity index (χ3v) is 7.02. The zero-order valence-electron chi connectivity index (χ0n) is 18.4. The number of nitrogens with one attached hydrogen (secondary N) is 2. The summed E-state index contributed by atoms with van der Waals surface area (Å²) in [5.41, 5.74) is 4.30. The highest BCUT2D eigenvalue weighted by Gasteiger charge is 2.17. The first-order valence-corrected chi connectivity index (χ1v) is 12.5. The van der Waals surface area contributed by atoms with Crippen molar-refractivity contribution in [3.05, 3.63) is 103 Å². The molecule has 0 fully saturated rings. The highest BCUT2D eigenvalue weighted by atomic mass is 32.2. The standard InChI is InChI=1S/C27H23N3O2S2/c1-2-17-28-23(31)18-33-27-29-24(21-11-7-4-8-12-21)26(34-27)30-25(32)22-15-13-20(14-16-22)19-9-5-3-6-10-19/h2-16H,1,17-18H2,(H,28,31)(H,30,32). The number of hydrogen-bond donors (Lipinski definition) is 2. The van der Waals surface area contributed by atoms with Crippen molar-refractivity contribution in [2.24, 2.45) is 0 Å². The van der Waals surface area contributed by atoms with E-state index in [4.69, 9.17) is 4.98 Å². The predicted molar refractivity (Wildman–Crippen MR) is 141 cm³/mol. The van der Waals surface area contributed by atoms with Crippen LogP contribution in [0.2, 0.25) is 0 Å². The summed E-state index contributed by atoms with van der Waals surface area (Å²) < 4.78 is 0.710. The number of hydrogen-bond acceptors (Lipinski definition) is 5. The molecule has 0 aliphatic heterocycles. The van der Waals surface area contributed by atoms with Gasteiger partial charge in [-0.05, 0) is 23.3 Å². The van der Waals surface area contributed by atoms with E-state index in [1.54, 1.807) is 6.08 Å². The normalized spacial score (nSPS) is 10.5. The Morgan fingerprint density at radius 1 is 0.882 bits per heavy atom. The van der Waals surface area contributed by atoms with Gasteiger partial charge in [-0.25, -0.2) is 4.98 Å². The van der Waals surface area contributed by atoms with Gasteiger partial charge in [0, 0.05) is 17.7 Å². The molecule has 2 N–H and O–H groups in total. The van der Waals surface area contributed by atoms with Gasteiger partial charge in [0.25, 0.3) is 5.91 Å². The van der Waals surface area contributed by atoms with Crippen LogP contribution >= 0.6 is 23.1 Å². The number of thiazole rings is 1. The van der Waals surface area contributed by atoms with Gasteiger partial charge in [-0.15, -0.1) is 6.58 Å². The fourth-order valence-electron chi connectivity index (χ4n) is 3.22. The molecule has 4 aromatic rings. The minimum atomic E-state index is -0.208. The van der Waals surface area contributed by atoms with Crippen molar-refractivity contribution in [1.29, 1.82) is 0 Å². The number of thioether (sulfide) groups is 1. The van der Waals surface area contributed by atoms with Crippen LogP contribution in [-0.2, 0) is 4.79 Å². The van der Waals surface area contributed by atoms with Crippen molar-refractivity contribution in [2.75, 3.05) is 17.6 Å². The van der Waals surface area contributed by atoms with E-state index in [2.05, 4.69) is 17.2 Å². The maximum absolute atomic E-state index is 13.0. The molecule has 0 saturated heterocycles. The molecule has 170 valence electrons. The third-order valence-electron chi connectivity index (χ3n) is 4.91. The fourth-order valence-corrected chi connectivity index (χ4v) is 5.11. The lowest BCUT2D eigenvalue weighted by Crippen LogP contribution is -2.24. The van der Waals surface area contributed by atoms with E-state index in [1.165, 1.54) is 23.1 Å². The average molecular weight is 486 g/mol. The zero-order chi connectivity index (χ0) is 23.8. The summed E-state index contributed by atoms with van der Waals surface area (Å²) in [7, 11) is 0. The van der Waals surface area contributed by atoms with Gasteiger partial charge in [-0.3, -0.25) is 9.59 Å². The van der Waals surface area contributed by atoms with Gasteiger partial charge >= 0.3 is 0 Å². The number of carbonyl (C=O) groups excluding carboxylic acids is 2. The van der Waals surface area contributed by atoms with Crippen LogP contribution in [0.5, 0.6) is 0 Å². The number of nitrogens with zero attached hydrogens (tertiary/aromatic N) is 1. The topological polar surface area (TPSA) is 71.1 Å². The van der Waals surface area contributed by atoms with E-state index in [0.29, 0.717) is 27.1 Å². The predicted octanol–water partition coefficient (Wildman–Crippen LogP) is 6.12. The zero-order valence-corrected chi connectivity index (χ0v) is 20.0. The molecule has 4 rings (SSSR count). The van der Waals surface area contributed by atoms with Crippen LogP contribution in [0.3, 0.4) is 0 Å². The highest BCUT2D eigenvalue weighted by Crippen LogP contribution is 2.37. The lowest BCUT2D eigenvalue weighted by atomic mass is 10.0. The maximum Gasteiger partial charge on any atom is 0.256 e. The number of aromatic nitrogens is 1. The molecule has 0 spiro atoms. The van der Waals surface area contributed by atoms with E-state index in [0.717, 1.165) is 16.7 Å². The second-order valence-electron chi connectivity index (χ2n) is 7.30. The molecule has 7 heteroatoms. The molecular formula is C27H23N3O2S2. The summed E-state index contributed by atoms with van der Waals surface area (Å²) in [6.07, 6.45) is 1.64. The molecule has 5 nitrogen and oxygen atoms in total. The highest BCUT2D eigenvalue weighted by molar-refractivity contribution is 8.01. The van der Waals surface area contributed by atoms with Gasteiger partial charge in [-0.2, -0.15) is 0 Å². The fraction of sp³-hybridized carbons (Fsp3) is 0.0741. The first kappa shape index (κ1) is 23.5. The SMILES string of the molecule is C=CCNC(=O)CSc1nc(-c2ccccc2)c(NC(=O)c2ccc(-c3ccccc3)cc2)s1. The van der Waals surface area contributed by atoms with E-state index in [9.17, 15) is 9.59 Å². The van der Waals surface area contributed by atoms with Crippen LogP contribution in [-0.4, -0.2) is 29.1 Å². The van der Waals surface area contributed by atoms with Crippen LogP contribution < -0.4 is 10.6 Å². The number of rotatable bonds is 9. The summed E-state index contributed by atoms with van der Waals surface area (Å²) in [5.74, 6) is -0.0598. The number of benzene rings is 3. The molecule has 0 radical (unpaired) electrons. The molecule has 1 heterocycles. The molecular weight excluding hydrogens is 462 g/mol. The third kappa shape index (κ3) is 6.01. The number of anilines is 1. The minimum absolute atomic E-state index is 0.0922. The molecule has 1 aromatic heterocycles. The Morgan fingerprint density at radius 2 is 1.50 bits per heavy atom. The quantitative estimate of drug-likeness (QED) is 0.221. The minimum Gasteiger partial charge on any atom is -0.352 e. The van der Waals surface area contributed by atoms with Crippen molar-refractivity contribution >= 4 is 39.9 Å². The van der Waals surface area contributed by atoms with Crippen molar-refractivity contribution in [3.63, 3.8) is 0 Å². The summed E-state index contributed by atoms with van der Waals surface area (Å²) in [4.78, 5) is 29.7. The van der Waals surface area contributed by atoms with Gasteiger partial charge in [0.15, 0.2) is 4.34 Å². The van der Waals surface area contributed by atoms with Crippen LogP contribution in [0.25, 0.3) is 22.4 Å². The van der Waals surface area contributed by atoms with E-state index in [-0.39, 0.29) is 17.6 Å². The number of carbonyl (C=O) groups is 2. The smallest absolute Gasteiger partial charge is 0.256 e. The van der Waals surface area contributed by atoms with Crippen molar-refractivity contribution in [3.8, 4) is 22.4 Å². The second-order valence-corrected chi connectivity index (χ2v) is 9.52.